The topological polar surface area (TPSA) is 55.8 Å². The Bertz CT molecular complexity index is 491. The van der Waals surface area contributed by atoms with Crippen molar-refractivity contribution < 1.29 is 19.4 Å². The first-order valence-corrected chi connectivity index (χ1v) is 5.78. The number of methoxy groups -OCH3 is 2. The molecule has 0 aromatic heterocycles. The molecule has 0 amide bonds. The van der Waals surface area contributed by atoms with Crippen molar-refractivity contribution in [1.82, 2.24) is 0 Å². The molecule has 2 rings (SSSR count). The van der Waals surface area contributed by atoms with Gasteiger partial charge < -0.3 is 14.6 Å². The highest BCUT2D eigenvalue weighted by atomic mass is 16.5. The van der Waals surface area contributed by atoms with Crippen molar-refractivity contribution >= 4 is 5.78 Å². The fourth-order valence-electron chi connectivity index (χ4n) is 2.21. The highest BCUT2D eigenvalue weighted by Crippen LogP contribution is 2.35. The molecule has 1 aliphatic carbocycles. The zero-order valence-corrected chi connectivity index (χ0v) is 10.5. The molecule has 1 N–H and O–H groups in total. The molecule has 1 aliphatic rings. The van der Waals surface area contributed by atoms with Crippen LogP contribution in [0.2, 0.25) is 0 Å². The van der Waals surface area contributed by atoms with Gasteiger partial charge in [0, 0.05) is 18.9 Å². The van der Waals surface area contributed by atoms with E-state index in [-0.39, 0.29) is 17.5 Å². The van der Waals surface area contributed by atoms with Crippen LogP contribution in [-0.4, -0.2) is 25.1 Å². The number of aliphatic hydroxyl groups excluding tert-OH is 1. The minimum Gasteiger partial charge on any atom is -0.512 e. The quantitative estimate of drug-likeness (QED) is 0.893. The smallest absolute Gasteiger partial charge is 0.160 e. The summed E-state index contributed by atoms with van der Waals surface area (Å²) in [7, 11) is 3.15. The van der Waals surface area contributed by atoms with Crippen LogP contribution in [0.25, 0.3) is 0 Å². The van der Waals surface area contributed by atoms with Crippen LogP contribution in [0, 0.1) is 0 Å². The van der Waals surface area contributed by atoms with E-state index in [9.17, 15) is 9.90 Å². The zero-order valence-electron chi connectivity index (χ0n) is 10.5. The molecule has 1 aromatic carbocycles. The van der Waals surface area contributed by atoms with Crippen molar-refractivity contribution in [3.05, 3.63) is 35.6 Å². The van der Waals surface area contributed by atoms with Crippen LogP contribution in [0.1, 0.15) is 24.3 Å². The van der Waals surface area contributed by atoms with Gasteiger partial charge in [-0.1, -0.05) is 6.07 Å². The molecule has 0 spiro atoms. The van der Waals surface area contributed by atoms with Gasteiger partial charge in [0.25, 0.3) is 0 Å². The van der Waals surface area contributed by atoms with Gasteiger partial charge in [0.05, 0.1) is 20.0 Å². The molecule has 0 saturated heterocycles. The molecule has 1 aromatic rings. The third-order valence-corrected chi connectivity index (χ3v) is 3.11. The largest absolute Gasteiger partial charge is 0.512 e. The number of rotatable bonds is 3. The van der Waals surface area contributed by atoms with Crippen LogP contribution in [0.5, 0.6) is 11.5 Å². The third-order valence-electron chi connectivity index (χ3n) is 3.11. The van der Waals surface area contributed by atoms with Crippen molar-refractivity contribution in [3.8, 4) is 11.5 Å². The molecule has 0 aliphatic heterocycles. The maximum absolute atomic E-state index is 11.4. The van der Waals surface area contributed by atoms with E-state index >= 15 is 0 Å². The Balaban J connectivity index is 2.29. The maximum Gasteiger partial charge on any atom is 0.160 e. The number of ether oxygens (including phenoxy) is 2. The van der Waals surface area contributed by atoms with E-state index in [4.69, 9.17) is 9.47 Å². The second-order valence-corrected chi connectivity index (χ2v) is 4.32. The Morgan fingerprint density at radius 3 is 2.50 bits per heavy atom. The van der Waals surface area contributed by atoms with Crippen molar-refractivity contribution in [1.29, 1.82) is 0 Å². The average molecular weight is 248 g/mol. The normalized spacial score (nSPS) is 19.3. The summed E-state index contributed by atoms with van der Waals surface area (Å²) < 4.78 is 10.4. The Morgan fingerprint density at radius 2 is 1.89 bits per heavy atom. The number of hydrogen-bond acceptors (Lipinski definition) is 4. The molecular formula is C14H16O4. The van der Waals surface area contributed by atoms with Crippen molar-refractivity contribution in [2.45, 2.75) is 18.8 Å². The van der Waals surface area contributed by atoms with Gasteiger partial charge in [-0.25, -0.2) is 0 Å². The number of hydrogen-bond donors (Lipinski definition) is 1. The van der Waals surface area contributed by atoms with E-state index in [0.29, 0.717) is 24.3 Å². The molecule has 0 heterocycles. The van der Waals surface area contributed by atoms with E-state index in [1.54, 1.807) is 14.2 Å². The van der Waals surface area contributed by atoms with Gasteiger partial charge >= 0.3 is 0 Å². The summed E-state index contributed by atoms with van der Waals surface area (Å²) in [4.78, 5) is 11.4. The SMILES string of the molecule is COc1ccc(C2CC(=O)C=C(O)C2)cc1OC. The fourth-order valence-corrected chi connectivity index (χ4v) is 2.21. The second kappa shape index (κ2) is 5.12. The first-order chi connectivity index (χ1) is 8.63. The summed E-state index contributed by atoms with van der Waals surface area (Å²) in [6.07, 6.45) is 2.21. The lowest BCUT2D eigenvalue weighted by Crippen LogP contribution is -2.12. The fraction of sp³-hybridized carbons (Fsp3) is 0.357. The Hall–Kier alpha value is -1.97. The zero-order chi connectivity index (χ0) is 13.1. The van der Waals surface area contributed by atoms with E-state index in [1.165, 1.54) is 6.08 Å². The molecule has 96 valence electrons. The molecule has 4 heteroatoms. The molecule has 1 unspecified atom stereocenters. The van der Waals surface area contributed by atoms with Crippen LogP contribution in [0.15, 0.2) is 30.0 Å². The van der Waals surface area contributed by atoms with Crippen LogP contribution in [0.4, 0.5) is 0 Å². The van der Waals surface area contributed by atoms with Crippen LogP contribution >= 0.6 is 0 Å². The van der Waals surface area contributed by atoms with E-state index < -0.39 is 0 Å². The highest BCUT2D eigenvalue weighted by molar-refractivity contribution is 5.91. The van der Waals surface area contributed by atoms with Crippen LogP contribution < -0.4 is 9.47 Å². The minimum absolute atomic E-state index is 0.00214. The molecule has 1 atom stereocenters. The summed E-state index contributed by atoms with van der Waals surface area (Å²) in [6.45, 7) is 0. The number of ketones is 1. The molecule has 0 fully saturated rings. The van der Waals surface area contributed by atoms with Crippen LogP contribution in [0.3, 0.4) is 0 Å². The van der Waals surface area contributed by atoms with E-state index in [0.717, 1.165) is 5.56 Å². The number of allylic oxidation sites excluding steroid dienone is 2. The maximum atomic E-state index is 11.4. The van der Waals surface area contributed by atoms with Gasteiger partial charge in [0.1, 0.15) is 0 Å². The first kappa shape index (κ1) is 12.5. The van der Waals surface area contributed by atoms with Crippen molar-refractivity contribution in [2.75, 3.05) is 14.2 Å². The average Bonchev–Trinajstić information content (AvgIpc) is 2.36. The molecule has 0 saturated carbocycles. The summed E-state index contributed by atoms with van der Waals surface area (Å²) in [6, 6.07) is 5.57. The summed E-state index contributed by atoms with van der Waals surface area (Å²) in [5.74, 6) is 1.39. The van der Waals surface area contributed by atoms with Gasteiger partial charge in [0.2, 0.25) is 0 Å². The van der Waals surface area contributed by atoms with Crippen molar-refractivity contribution in [2.24, 2.45) is 0 Å². The minimum atomic E-state index is -0.0430. The summed E-state index contributed by atoms with van der Waals surface area (Å²) in [5.41, 5.74) is 0.973. The lowest BCUT2D eigenvalue weighted by molar-refractivity contribution is -0.115. The monoisotopic (exact) mass is 248 g/mol. The van der Waals surface area contributed by atoms with Gasteiger partial charge in [-0.15, -0.1) is 0 Å². The molecule has 18 heavy (non-hydrogen) atoms. The molecule has 0 bridgehead atoms. The second-order valence-electron chi connectivity index (χ2n) is 4.32. The molecular weight excluding hydrogens is 232 g/mol. The summed E-state index contributed by atoms with van der Waals surface area (Å²) in [5, 5.41) is 9.52. The van der Waals surface area contributed by atoms with Crippen molar-refractivity contribution in [3.63, 3.8) is 0 Å². The Kier molecular flexibility index (Phi) is 3.55. The number of carbonyl (C=O) groups is 1. The number of carbonyl (C=O) groups excluding carboxylic acids is 1. The van der Waals surface area contributed by atoms with Gasteiger partial charge in [-0.05, 0) is 23.6 Å². The summed E-state index contributed by atoms with van der Waals surface area (Å²) >= 11 is 0. The molecule has 4 nitrogen and oxygen atoms in total. The predicted octanol–water partition coefficient (Wildman–Crippen LogP) is 2.59. The van der Waals surface area contributed by atoms with Gasteiger partial charge in [-0.2, -0.15) is 0 Å². The standard InChI is InChI=1S/C14H16O4/c1-17-13-4-3-9(7-14(13)18-2)10-5-11(15)8-12(16)6-10/h3-4,7-8,10,15H,5-6H2,1-2H3. The first-order valence-electron chi connectivity index (χ1n) is 5.78. The lowest BCUT2D eigenvalue weighted by atomic mass is 9.86. The van der Waals surface area contributed by atoms with E-state index in [1.807, 2.05) is 18.2 Å². The van der Waals surface area contributed by atoms with Gasteiger partial charge in [-0.3, -0.25) is 4.79 Å². The third kappa shape index (κ3) is 2.47. The lowest BCUT2D eigenvalue weighted by Gasteiger charge is -2.20. The highest BCUT2D eigenvalue weighted by Gasteiger charge is 2.22. The number of benzene rings is 1. The van der Waals surface area contributed by atoms with E-state index in [2.05, 4.69) is 0 Å². The number of aliphatic hydroxyl groups is 1. The van der Waals surface area contributed by atoms with Gasteiger partial charge in [0.15, 0.2) is 17.3 Å². The Morgan fingerprint density at radius 1 is 1.17 bits per heavy atom. The molecule has 0 radical (unpaired) electrons. The Labute approximate surface area is 106 Å². The predicted molar refractivity (Wildman–Crippen MR) is 67.2 cm³/mol. The van der Waals surface area contributed by atoms with Crippen LogP contribution in [-0.2, 0) is 4.79 Å².